The number of anilines is 1. The van der Waals surface area contributed by atoms with E-state index in [2.05, 4.69) is 9.71 Å². The molecule has 0 fully saturated rings. The molecule has 0 aliphatic carbocycles. The molecule has 146 valence electrons. The number of sulfonamides is 1. The number of hydrogen-bond acceptors (Lipinski definition) is 6. The number of thiophene rings is 1. The van der Waals surface area contributed by atoms with E-state index < -0.39 is 10.0 Å². The maximum Gasteiger partial charge on any atom is 0.263 e. The normalized spacial score (nSPS) is 11.4. The van der Waals surface area contributed by atoms with Crippen LogP contribution in [0.4, 0.5) is 5.82 Å². The van der Waals surface area contributed by atoms with Gasteiger partial charge in [0.25, 0.3) is 10.0 Å². The molecule has 0 bridgehead atoms. The Morgan fingerprint density at radius 3 is 2.50 bits per heavy atom. The minimum absolute atomic E-state index is 0.00602. The third kappa shape index (κ3) is 4.58. The molecule has 6 nitrogen and oxygen atoms in total. The fourth-order valence-electron chi connectivity index (χ4n) is 2.52. The Morgan fingerprint density at radius 2 is 1.89 bits per heavy atom. The first-order valence-corrected chi connectivity index (χ1v) is 11.0. The SMILES string of the molecule is Cc1cnc(NS(=O)(=O)c2ccc(OC(C)C)cc2)c(C(=O)c2cccs2)c1. The molecule has 0 saturated heterocycles. The second-order valence-electron chi connectivity index (χ2n) is 6.46. The van der Waals surface area contributed by atoms with Crippen LogP contribution in [0, 0.1) is 6.92 Å². The molecule has 28 heavy (non-hydrogen) atoms. The number of hydrogen-bond donors (Lipinski definition) is 1. The summed E-state index contributed by atoms with van der Waals surface area (Å²) in [6.45, 7) is 5.58. The van der Waals surface area contributed by atoms with Gasteiger partial charge in [0.05, 0.1) is 21.4 Å². The number of carbonyl (C=O) groups is 1. The highest BCUT2D eigenvalue weighted by atomic mass is 32.2. The minimum atomic E-state index is -3.91. The number of aryl methyl sites for hydroxylation is 1. The molecule has 0 aliphatic rings. The predicted molar refractivity (Wildman–Crippen MR) is 110 cm³/mol. The molecule has 0 saturated carbocycles. The second-order valence-corrected chi connectivity index (χ2v) is 9.09. The van der Waals surface area contributed by atoms with Crippen LogP contribution in [0.15, 0.2) is 58.9 Å². The molecule has 8 heteroatoms. The zero-order valence-electron chi connectivity index (χ0n) is 15.7. The van der Waals surface area contributed by atoms with Gasteiger partial charge in [-0.25, -0.2) is 13.4 Å². The van der Waals surface area contributed by atoms with E-state index in [1.807, 2.05) is 13.8 Å². The van der Waals surface area contributed by atoms with Crippen LogP contribution in [0.25, 0.3) is 0 Å². The molecule has 0 spiro atoms. The standard InChI is InChI=1S/C20H20N2O4S2/c1-13(2)26-15-6-8-16(9-7-15)28(24,25)22-20-17(11-14(3)12-21-20)19(23)18-5-4-10-27-18/h4-13H,1-3H3,(H,21,22). The van der Waals surface area contributed by atoms with E-state index in [0.717, 1.165) is 5.56 Å². The lowest BCUT2D eigenvalue weighted by molar-refractivity contribution is 0.104. The van der Waals surface area contributed by atoms with Crippen molar-refractivity contribution in [3.63, 3.8) is 0 Å². The Morgan fingerprint density at radius 1 is 1.18 bits per heavy atom. The van der Waals surface area contributed by atoms with Crippen molar-refractivity contribution >= 4 is 33.0 Å². The maximum absolute atomic E-state index is 12.8. The highest BCUT2D eigenvalue weighted by Gasteiger charge is 2.21. The van der Waals surface area contributed by atoms with Crippen LogP contribution in [-0.2, 0) is 10.0 Å². The Bertz CT molecular complexity index is 1070. The zero-order chi connectivity index (χ0) is 20.3. The van der Waals surface area contributed by atoms with E-state index in [-0.39, 0.29) is 28.2 Å². The molecule has 3 aromatic rings. The molecule has 0 radical (unpaired) electrons. The topological polar surface area (TPSA) is 85.4 Å². The summed E-state index contributed by atoms with van der Waals surface area (Å²) >= 11 is 1.29. The first-order chi connectivity index (χ1) is 13.3. The summed E-state index contributed by atoms with van der Waals surface area (Å²) in [5.41, 5.74) is 0.976. The maximum atomic E-state index is 12.8. The van der Waals surface area contributed by atoms with E-state index in [4.69, 9.17) is 4.74 Å². The predicted octanol–water partition coefficient (Wildman–Crippen LogP) is 4.27. The summed E-state index contributed by atoms with van der Waals surface area (Å²) in [5.74, 6) is 0.312. The van der Waals surface area contributed by atoms with Crippen molar-refractivity contribution in [1.82, 2.24) is 4.98 Å². The smallest absolute Gasteiger partial charge is 0.263 e. The molecule has 1 N–H and O–H groups in total. The van der Waals surface area contributed by atoms with E-state index >= 15 is 0 Å². The van der Waals surface area contributed by atoms with Crippen LogP contribution < -0.4 is 9.46 Å². The van der Waals surface area contributed by atoms with Gasteiger partial charge in [-0.05, 0) is 68.1 Å². The summed E-state index contributed by atoms with van der Waals surface area (Å²) in [4.78, 5) is 17.5. The van der Waals surface area contributed by atoms with Crippen LogP contribution in [0.2, 0.25) is 0 Å². The summed E-state index contributed by atoms with van der Waals surface area (Å²) in [6.07, 6.45) is 1.51. The van der Waals surface area contributed by atoms with Gasteiger partial charge in [0.2, 0.25) is 5.78 Å². The first-order valence-electron chi connectivity index (χ1n) is 8.60. The highest BCUT2D eigenvalue weighted by molar-refractivity contribution is 7.92. The molecule has 0 atom stereocenters. The number of rotatable bonds is 7. The lowest BCUT2D eigenvalue weighted by atomic mass is 10.1. The number of nitrogens with zero attached hydrogens (tertiary/aromatic N) is 1. The van der Waals surface area contributed by atoms with Crippen molar-refractivity contribution in [2.45, 2.75) is 31.8 Å². The fraction of sp³-hybridized carbons (Fsp3) is 0.200. The molecular weight excluding hydrogens is 396 g/mol. The molecule has 0 amide bonds. The van der Waals surface area contributed by atoms with Gasteiger partial charge < -0.3 is 4.74 Å². The number of nitrogens with one attached hydrogen (secondary N) is 1. The van der Waals surface area contributed by atoms with Crippen LogP contribution in [0.1, 0.15) is 34.6 Å². The minimum Gasteiger partial charge on any atom is -0.491 e. The van der Waals surface area contributed by atoms with Gasteiger partial charge in [-0.15, -0.1) is 11.3 Å². The van der Waals surface area contributed by atoms with E-state index in [1.165, 1.54) is 29.7 Å². The lowest BCUT2D eigenvalue weighted by Gasteiger charge is -2.13. The Labute approximate surface area is 168 Å². The average Bonchev–Trinajstić information content (AvgIpc) is 3.17. The Balaban J connectivity index is 1.91. The molecule has 0 unspecified atom stereocenters. The molecule has 2 heterocycles. The van der Waals surface area contributed by atoms with Crippen LogP contribution in [0.3, 0.4) is 0 Å². The van der Waals surface area contributed by atoms with Gasteiger partial charge in [0.15, 0.2) is 5.82 Å². The Kier molecular flexibility index (Phi) is 5.81. The fourth-order valence-corrected chi connectivity index (χ4v) is 4.23. The molecule has 3 rings (SSSR count). The van der Waals surface area contributed by atoms with Crippen LogP contribution >= 0.6 is 11.3 Å². The summed E-state index contributed by atoms with van der Waals surface area (Å²) in [7, 11) is -3.91. The number of carbonyl (C=O) groups excluding carboxylic acids is 1. The van der Waals surface area contributed by atoms with Crippen LogP contribution in [0.5, 0.6) is 5.75 Å². The lowest BCUT2D eigenvalue weighted by Crippen LogP contribution is -2.17. The average molecular weight is 417 g/mol. The zero-order valence-corrected chi connectivity index (χ0v) is 17.3. The van der Waals surface area contributed by atoms with Gasteiger partial charge in [-0.2, -0.15) is 0 Å². The van der Waals surface area contributed by atoms with E-state index in [9.17, 15) is 13.2 Å². The van der Waals surface area contributed by atoms with Gasteiger partial charge in [-0.1, -0.05) is 6.07 Å². The van der Waals surface area contributed by atoms with E-state index in [1.54, 1.807) is 42.6 Å². The Hall–Kier alpha value is -2.71. The van der Waals surface area contributed by atoms with E-state index in [0.29, 0.717) is 10.6 Å². The molecule has 2 aromatic heterocycles. The second kappa shape index (κ2) is 8.12. The quantitative estimate of drug-likeness (QED) is 0.581. The monoisotopic (exact) mass is 416 g/mol. The highest BCUT2D eigenvalue weighted by Crippen LogP contribution is 2.24. The number of ketones is 1. The number of benzene rings is 1. The summed E-state index contributed by atoms with van der Waals surface area (Å²) < 4.78 is 33.5. The molecule has 1 aromatic carbocycles. The summed E-state index contributed by atoms with van der Waals surface area (Å²) in [5, 5.41) is 1.79. The third-order valence-corrected chi connectivity index (χ3v) is 5.97. The van der Waals surface area contributed by atoms with Crippen molar-refractivity contribution < 1.29 is 17.9 Å². The molecule has 0 aliphatic heterocycles. The van der Waals surface area contributed by atoms with Gasteiger partial charge in [-0.3, -0.25) is 9.52 Å². The number of ether oxygens (including phenoxy) is 1. The summed E-state index contributed by atoms with van der Waals surface area (Å²) in [6, 6.07) is 11.2. The van der Waals surface area contributed by atoms with Gasteiger partial charge in [0.1, 0.15) is 5.75 Å². The van der Waals surface area contributed by atoms with Crippen molar-refractivity contribution in [3.05, 3.63) is 70.0 Å². The van der Waals surface area contributed by atoms with Crippen molar-refractivity contribution in [3.8, 4) is 5.75 Å². The van der Waals surface area contributed by atoms with Crippen molar-refractivity contribution in [1.29, 1.82) is 0 Å². The molecular formula is C20H20N2O4S2. The van der Waals surface area contributed by atoms with Crippen molar-refractivity contribution in [2.75, 3.05) is 4.72 Å². The van der Waals surface area contributed by atoms with Crippen molar-refractivity contribution in [2.24, 2.45) is 0 Å². The van der Waals surface area contributed by atoms with Crippen LogP contribution in [-0.4, -0.2) is 25.3 Å². The first kappa shape index (κ1) is 20.0. The largest absolute Gasteiger partial charge is 0.491 e. The number of pyridine rings is 1. The number of aromatic nitrogens is 1. The van der Waals surface area contributed by atoms with Gasteiger partial charge >= 0.3 is 0 Å². The van der Waals surface area contributed by atoms with Gasteiger partial charge in [0, 0.05) is 6.20 Å². The third-order valence-electron chi connectivity index (χ3n) is 3.75.